The van der Waals surface area contributed by atoms with Crippen LogP contribution in [0.25, 0.3) is 0 Å². The average Bonchev–Trinajstić information content (AvgIpc) is 2.82. The molecule has 7 heteroatoms. The first-order valence-corrected chi connectivity index (χ1v) is 10.8. The molecule has 0 fully saturated rings. The van der Waals surface area contributed by atoms with Crippen molar-refractivity contribution in [1.82, 2.24) is 0 Å². The van der Waals surface area contributed by atoms with Crippen molar-refractivity contribution in [2.75, 3.05) is 6.61 Å². The number of ether oxygens (including phenoxy) is 3. The van der Waals surface area contributed by atoms with Gasteiger partial charge in [-0.15, -0.1) is 0 Å². The number of esters is 1. The van der Waals surface area contributed by atoms with Crippen LogP contribution in [0.2, 0.25) is 0 Å². The Morgan fingerprint density at radius 3 is 2.47 bits per heavy atom. The third-order valence-corrected chi connectivity index (χ3v) is 5.54. The zero-order valence-corrected chi connectivity index (χ0v) is 18.7. The molecule has 2 N–H and O–H groups in total. The molecule has 1 unspecified atom stereocenters. The topological polar surface area (TPSA) is 94.6 Å². The highest BCUT2D eigenvalue weighted by atomic mass is 19.1. The molecule has 3 aromatic rings. The van der Waals surface area contributed by atoms with Crippen molar-refractivity contribution in [2.24, 2.45) is 5.73 Å². The summed E-state index contributed by atoms with van der Waals surface area (Å²) in [6.45, 7) is 3.91. The minimum absolute atomic E-state index is 0.110. The molecule has 4 rings (SSSR count). The van der Waals surface area contributed by atoms with Crippen molar-refractivity contribution in [3.63, 3.8) is 0 Å². The van der Waals surface area contributed by atoms with Gasteiger partial charge in [0.1, 0.15) is 34.7 Å². The molecule has 3 aromatic carbocycles. The summed E-state index contributed by atoms with van der Waals surface area (Å²) in [6.07, 6.45) is 0. The molecule has 0 saturated heterocycles. The maximum atomic E-state index is 14.5. The summed E-state index contributed by atoms with van der Waals surface area (Å²) in [4.78, 5) is 12.3. The highest BCUT2D eigenvalue weighted by Crippen LogP contribution is 2.44. The first-order valence-electron chi connectivity index (χ1n) is 10.8. The fraction of sp³-hybridized carbons (Fsp3) is 0.185. The standard InChI is InChI=1S/C27H23FN2O4/c1-16(2)17-7-9-18(10-8-17)32-15-25(31)33-19-11-12-21-24(13-19)34-27(30)22(14-29)26(21)20-5-3-4-6-23(20)28/h3-13,16,26H,15,30H2,1-2H3. The summed E-state index contributed by atoms with van der Waals surface area (Å²) in [5, 5.41) is 9.60. The molecule has 0 radical (unpaired) electrons. The fourth-order valence-electron chi connectivity index (χ4n) is 3.78. The van der Waals surface area contributed by atoms with Crippen LogP contribution in [0.15, 0.2) is 78.2 Å². The number of nitrogens with two attached hydrogens (primary N) is 1. The number of nitrogens with zero attached hydrogens (tertiary/aromatic N) is 1. The van der Waals surface area contributed by atoms with Crippen molar-refractivity contribution in [1.29, 1.82) is 5.26 Å². The van der Waals surface area contributed by atoms with Gasteiger partial charge in [-0.2, -0.15) is 5.26 Å². The SMILES string of the molecule is CC(C)c1ccc(OCC(=O)Oc2ccc3c(c2)OC(N)=C(C#N)C3c2ccccc2F)cc1. The maximum absolute atomic E-state index is 14.5. The van der Waals surface area contributed by atoms with Crippen LogP contribution in [0.4, 0.5) is 4.39 Å². The molecule has 1 atom stereocenters. The summed E-state index contributed by atoms with van der Waals surface area (Å²) >= 11 is 0. The van der Waals surface area contributed by atoms with Gasteiger partial charge in [0, 0.05) is 17.2 Å². The van der Waals surface area contributed by atoms with Gasteiger partial charge in [-0.3, -0.25) is 0 Å². The van der Waals surface area contributed by atoms with Crippen LogP contribution < -0.4 is 19.9 Å². The smallest absolute Gasteiger partial charge is 0.349 e. The van der Waals surface area contributed by atoms with E-state index in [2.05, 4.69) is 13.8 Å². The van der Waals surface area contributed by atoms with E-state index in [0.717, 1.165) is 0 Å². The van der Waals surface area contributed by atoms with E-state index < -0.39 is 17.7 Å². The molecular weight excluding hydrogens is 435 g/mol. The lowest BCUT2D eigenvalue weighted by Crippen LogP contribution is -2.22. The third kappa shape index (κ3) is 4.71. The zero-order chi connectivity index (χ0) is 24.2. The molecule has 0 spiro atoms. The number of carbonyl (C=O) groups is 1. The van der Waals surface area contributed by atoms with Gasteiger partial charge < -0.3 is 19.9 Å². The first kappa shape index (κ1) is 22.9. The Kier molecular flexibility index (Phi) is 6.51. The molecule has 1 aliphatic heterocycles. The van der Waals surface area contributed by atoms with E-state index in [0.29, 0.717) is 22.8 Å². The van der Waals surface area contributed by atoms with Crippen molar-refractivity contribution >= 4 is 5.97 Å². The van der Waals surface area contributed by atoms with Crippen molar-refractivity contribution < 1.29 is 23.4 Å². The number of benzene rings is 3. The molecule has 0 amide bonds. The lowest BCUT2D eigenvalue weighted by molar-refractivity contribution is -0.136. The monoisotopic (exact) mass is 458 g/mol. The van der Waals surface area contributed by atoms with Crippen LogP contribution in [0.3, 0.4) is 0 Å². The third-order valence-electron chi connectivity index (χ3n) is 5.54. The predicted molar refractivity (Wildman–Crippen MR) is 124 cm³/mol. The summed E-state index contributed by atoms with van der Waals surface area (Å²) in [6, 6.07) is 20.4. The Hall–Kier alpha value is -4.31. The molecular formula is C27H23FN2O4. The second-order valence-electron chi connectivity index (χ2n) is 8.13. The summed E-state index contributed by atoms with van der Waals surface area (Å²) in [5.74, 6) is -0.480. The minimum Gasteiger partial charge on any atom is -0.482 e. The van der Waals surface area contributed by atoms with Gasteiger partial charge >= 0.3 is 5.97 Å². The van der Waals surface area contributed by atoms with Crippen molar-refractivity contribution in [3.8, 4) is 23.3 Å². The van der Waals surface area contributed by atoms with Crippen LogP contribution in [0.5, 0.6) is 17.2 Å². The minimum atomic E-state index is -0.739. The number of carbonyl (C=O) groups excluding carboxylic acids is 1. The molecule has 34 heavy (non-hydrogen) atoms. The molecule has 0 aromatic heterocycles. The second-order valence-corrected chi connectivity index (χ2v) is 8.13. The second kappa shape index (κ2) is 9.67. The molecule has 1 heterocycles. The van der Waals surface area contributed by atoms with Gasteiger partial charge in [-0.1, -0.05) is 50.2 Å². The summed E-state index contributed by atoms with van der Waals surface area (Å²) in [5.41, 5.74) is 8.08. The zero-order valence-electron chi connectivity index (χ0n) is 18.7. The van der Waals surface area contributed by atoms with E-state index >= 15 is 0 Å². The Bertz CT molecular complexity index is 1290. The van der Waals surface area contributed by atoms with E-state index in [4.69, 9.17) is 19.9 Å². The van der Waals surface area contributed by atoms with E-state index in [-0.39, 0.29) is 29.6 Å². The van der Waals surface area contributed by atoms with Crippen LogP contribution in [0, 0.1) is 17.1 Å². The molecule has 6 nitrogen and oxygen atoms in total. The Morgan fingerprint density at radius 1 is 1.09 bits per heavy atom. The molecule has 0 bridgehead atoms. The Balaban J connectivity index is 1.50. The average molecular weight is 458 g/mol. The number of fused-ring (bicyclic) bond motifs is 1. The van der Waals surface area contributed by atoms with Gasteiger partial charge in [-0.25, -0.2) is 9.18 Å². The lowest BCUT2D eigenvalue weighted by atomic mass is 9.83. The number of hydrogen-bond acceptors (Lipinski definition) is 6. The first-order chi connectivity index (χ1) is 16.4. The highest BCUT2D eigenvalue weighted by Gasteiger charge is 2.32. The normalized spacial score (nSPS) is 14.7. The lowest BCUT2D eigenvalue weighted by Gasteiger charge is -2.27. The van der Waals surface area contributed by atoms with Crippen molar-refractivity contribution in [2.45, 2.75) is 25.7 Å². The summed E-state index contributed by atoms with van der Waals surface area (Å²) in [7, 11) is 0. The van der Waals surface area contributed by atoms with E-state index in [1.807, 2.05) is 18.2 Å². The number of rotatable bonds is 6. The predicted octanol–water partition coefficient (Wildman–Crippen LogP) is 5.15. The van der Waals surface area contributed by atoms with Crippen molar-refractivity contribution in [3.05, 3.63) is 101 Å². The van der Waals surface area contributed by atoms with E-state index in [1.165, 1.54) is 17.7 Å². The van der Waals surface area contributed by atoms with Crippen LogP contribution in [-0.4, -0.2) is 12.6 Å². The Labute approximate surface area is 197 Å². The number of halogens is 1. The molecule has 0 aliphatic carbocycles. The van der Waals surface area contributed by atoms with Crippen LogP contribution >= 0.6 is 0 Å². The largest absolute Gasteiger partial charge is 0.482 e. The van der Waals surface area contributed by atoms with Crippen LogP contribution in [0.1, 0.15) is 42.4 Å². The number of hydrogen-bond donors (Lipinski definition) is 1. The molecule has 172 valence electrons. The van der Waals surface area contributed by atoms with Crippen LogP contribution in [-0.2, 0) is 4.79 Å². The fourth-order valence-corrected chi connectivity index (χ4v) is 3.78. The van der Waals surface area contributed by atoms with E-state index in [9.17, 15) is 14.4 Å². The van der Waals surface area contributed by atoms with Gasteiger partial charge in [0.05, 0.1) is 5.92 Å². The maximum Gasteiger partial charge on any atom is 0.349 e. The number of nitriles is 1. The van der Waals surface area contributed by atoms with Gasteiger partial charge in [-0.05, 0) is 35.7 Å². The van der Waals surface area contributed by atoms with Gasteiger partial charge in [0.15, 0.2) is 6.61 Å². The summed E-state index contributed by atoms with van der Waals surface area (Å²) < 4.78 is 31.0. The quantitative estimate of drug-likeness (QED) is 0.405. The number of allylic oxidation sites excluding steroid dienone is 1. The van der Waals surface area contributed by atoms with Gasteiger partial charge in [0.2, 0.25) is 5.88 Å². The molecule has 0 saturated carbocycles. The van der Waals surface area contributed by atoms with E-state index in [1.54, 1.807) is 42.5 Å². The highest BCUT2D eigenvalue weighted by molar-refractivity contribution is 5.74. The molecule has 1 aliphatic rings. The Morgan fingerprint density at radius 2 is 1.79 bits per heavy atom. The van der Waals surface area contributed by atoms with Gasteiger partial charge in [0.25, 0.3) is 0 Å².